The molecule has 0 spiro atoms. The van der Waals surface area contributed by atoms with E-state index in [9.17, 15) is 14.0 Å². The summed E-state index contributed by atoms with van der Waals surface area (Å²) >= 11 is 8.42. The minimum Gasteiger partial charge on any atom is -0.491 e. The molecule has 3 aliphatic rings. The molecule has 270 valence electrons. The highest BCUT2D eigenvalue weighted by molar-refractivity contribution is 7.23. The number of nitriles is 1. The Morgan fingerprint density at radius 1 is 1.13 bits per heavy atom. The summed E-state index contributed by atoms with van der Waals surface area (Å²) in [6.45, 7) is 4.03. The SMILES string of the molecule is CC(Oc1nc2c3c(c(Cl)c(-c4cccc5sc(N)c(C#N)c45)c(F)c3n1)OCC1COCC1N2[C@H](C)c1cccnc1N)[C@@H]1CC(F)(F)CN1C. The van der Waals surface area contributed by atoms with Gasteiger partial charge in [-0.1, -0.05) is 29.8 Å². The average molecular weight is 751 g/mol. The maximum absolute atomic E-state index is 17.5. The van der Waals surface area contributed by atoms with E-state index in [4.69, 9.17) is 42.3 Å². The van der Waals surface area contributed by atoms with Gasteiger partial charge in [0.2, 0.25) is 0 Å². The first-order valence-electron chi connectivity index (χ1n) is 16.8. The summed E-state index contributed by atoms with van der Waals surface area (Å²) in [6.07, 6.45) is 0.376. The van der Waals surface area contributed by atoms with E-state index in [1.807, 2.05) is 17.9 Å². The highest BCUT2D eigenvalue weighted by atomic mass is 35.5. The van der Waals surface area contributed by atoms with E-state index < -0.39 is 42.9 Å². The van der Waals surface area contributed by atoms with Gasteiger partial charge in [-0.15, -0.1) is 11.3 Å². The molecule has 8 rings (SSSR count). The molecule has 5 atom stereocenters. The van der Waals surface area contributed by atoms with Crippen LogP contribution in [0.25, 0.3) is 32.1 Å². The van der Waals surface area contributed by atoms with Gasteiger partial charge in [0.25, 0.3) is 5.92 Å². The Hall–Kier alpha value is -4.62. The lowest BCUT2D eigenvalue weighted by atomic mass is 9.94. The highest BCUT2D eigenvalue weighted by Crippen LogP contribution is 2.52. The summed E-state index contributed by atoms with van der Waals surface area (Å²) in [7, 11) is 1.61. The molecule has 0 aliphatic carbocycles. The van der Waals surface area contributed by atoms with Crippen LogP contribution in [0.15, 0.2) is 36.5 Å². The standard InChI is InChI=1S/C36H34ClF3N8O3S/c1-16(19-7-5-9-44-32(19)42)48-23-14-49-12-18(23)13-50-31-27-30(45-35(46-34(27)48)51-17(2)22-10-36(39,40)15-47(22)3)29(38)26(28(31)37)20-6-4-8-24-25(20)21(11-41)33(43)52-24/h4-9,16-18,22-23H,10,12-15,43H2,1-3H3,(H2,42,44)/t16-,17?,18?,22+,23?/m1/s1. The largest absolute Gasteiger partial charge is 0.491 e. The first-order chi connectivity index (χ1) is 24.9. The first-order valence-corrected chi connectivity index (χ1v) is 18.0. The molecular weight excluding hydrogens is 717 g/mol. The average Bonchev–Trinajstić information content (AvgIpc) is 3.77. The third-order valence-electron chi connectivity index (χ3n) is 10.4. The van der Waals surface area contributed by atoms with Crippen LogP contribution in [0.1, 0.15) is 37.4 Å². The number of pyridine rings is 1. The minimum atomic E-state index is -2.89. The van der Waals surface area contributed by atoms with Crippen molar-refractivity contribution in [1.29, 1.82) is 5.26 Å². The number of aromatic nitrogens is 3. The zero-order valence-corrected chi connectivity index (χ0v) is 29.9. The topological polar surface area (TPSA) is 149 Å². The molecule has 2 saturated heterocycles. The number of ether oxygens (including phenoxy) is 3. The lowest BCUT2D eigenvalue weighted by Crippen LogP contribution is -2.45. The molecule has 4 N–H and O–H groups in total. The minimum absolute atomic E-state index is 0.0428. The molecule has 3 aromatic heterocycles. The van der Waals surface area contributed by atoms with Crippen LogP contribution in [0.3, 0.4) is 0 Å². The number of alkyl halides is 2. The second-order valence-corrected chi connectivity index (χ2v) is 15.1. The zero-order valence-electron chi connectivity index (χ0n) is 28.4. The molecule has 16 heteroatoms. The summed E-state index contributed by atoms with van der Waals surface area (Å²) in [5.41, 5.74) is 13.6. The Kier molecular flexibility index (Phi) is 8.48. The number of likely N-dealkylation sites (N-methyl/N-ethyl adjacent to an activating group) is 1. The van der Waals surface area contributed by atoms with Gasteiger partial charge in [0.1, 0.15) is 34.3 Å². The number of hydrogen-bond donors (Lipinski definition) is 2. The van der Waals surface area contributed by atoms with Gasteiger partial charge in [-0.3, -0.25) is 4.90 Å². The second-order valence-electron chi connectivity index (χ2n) is 13.6. The van der Waals surface area contributed by atoms with Crippen molar-refractivity contribution in [2.24, 2.45) is 5.92 Å². The van der Waals surface area contributed by atoms with Gasteiger partial charge in [-0.2, -0.15) is 15.2 Å². The number of hydrogen-bond acceptors (Lipinski definition) is 12. The number of rotatable bonds is 6. The fourth-order valence-electron chi connectivity index (χ4n) is 7.92. The van der Waals surface area contributed by atoms with E-state index in [2.05, 4.69) is 16.0 Å². The van der Waals surface area contributed by atoms with E-state index in [1.54, 1.807) is 44.4 Å². The molecule has 11 nitrogen and oxygen atoms in total. The molecule has 0 saturated carbocycles. The van der Waals surface area contributed by atoms with Crippen LogP contribution in [0.4, 0.5) is 29.8 Å². The van der Waals surface area contributed by atoms with Crippen molar-refractivity contribution < 1.29 is 27.4 Å². The number of halogens is 4. The third-order valence-corrected chi connectivity index (χ3v) is 11.7. The predicted octanol–water partition coefficient (Wildman–Crippen LogP) is 6.82. The Morgan fingerprint density at radius 2 is 1.94 bits per heavy atom. The van der Waals surface area contributed by atoms with Crippen molar-refractivity contribution in [3.05, 3.63) is 58.5 Å². The van der Waals surface area contributed by atoms with Crippen molar-refractivity contribution >= 4 is 60.6 Å². The Labute approximate surface area is 305 Å². The summed E-state index contributed by atoms with van der Waals surface area (Å²) in [6, 6.07) is 9.32. The smallest absolute Gasteiger partial charge is 0.319 e. The molecule has 2 fully saturated rings. The summed E-state index contributed by atoms with van der Waals surface area (Å²) in [5.74, 6) is -3.20. The fourth-order valence-corrected chi connectivity index (χ4v) is 9.20. The van der Waals surface area contributed by atoms with Crippen molar-refractivity contribution in [3.63, 3.8) is 0 Å². The van der Waals surface area contributed by atoms with Gasteiger partial charge in [0, 0.05) is 39.7 Å². The molecule has 3 aliphatic heterocycles. The van der Waals surface area contributed by atoms with Crippen molar-refractivity contribution in [1.82, 2.24) is 19.9 Å². The number of anilines is 3. The Balaban J connectivity index is 1.41. The number of nitrogens with two attached hydrogens (primary N) is 2. The second kappa shape index (κ2) is 12.8. The van der Waals surface area contributed by atoms with E-state index in [1.165, 1.54) is 16.2 Å². The van der Waals surface area contributed by atoms with Gasteiger partial charge in [0.15, 0.2) is 11.6 Å². The number of likely N-dealkylation sites (tertiary alicyclic amines) is 1. The highest BCUT2D eigenvalue weighted by Gasteiger charge is 2.47. The van der Waals surface area contributed by atoms with Gasteiger partial charge < -0.3 is 30.6 Å². The van der Waals surface area contributed by atoms with Gasteiger partial charge >= 0.3 is 6.01 Å². The normalized spacial score (nSPS) is 22.4. The van der Waals surface area contributed by atoms with Crippen LogP contribution >= 0.6 is 22.9 Å². The van der Waals surface area contributed by atoms with E-state index in [0.717, 1.165) is 0 Å². The zero-order chi connectivity index (χ0) is 36.6. The predicted molar refractivity (Wildman–Crippen MR) is 194 cm³/mol. The molecule has 0 amide bonds. The summed E-state index contributed by atoms with van der Waals surface area (Å²) in [5, 5.41) is 10.9. The number of fused-ring (bicyclic) bond motifs is 2. The van der Waals surface area contributed by atoms with Crippen molar-refractivity contribution in [3.8, 4) is 29.0 Å². The monoisotopic (exact) mass is 750 g/mol. The molecular formula is C36H34ClF3N8O3S. The Bertz CT molecular complexity index is 2290. The quantitative estimate of drug-likeness (QED) is 0.188. The number of nitrogens with zero attached hydrogens (tertiary/aromatic N) is 6. The van der Waals surface area contributed by atoms with Crippen molar-refractivity contribution in [2.45, 2.75) is 50.4 Å². The maximum atomic E-state index is 17.5. The first kappa shape index (κ1) is 34.5. The van der Waals surface area contributed by atoms with Crippen LogP contribution in [-0.4, -0.2) is 77.4 Å². The van der Waals surface area contributed by atoms with Gasteiger partial charge in [-0.25, -0.2) is 18.2 Å². The Morgan fingerprint density at radius 3 is 2.67 bits per heavy atom. The molecule has 3 unspecified atom stereocenters. The molecule has 2 aromatic carbocycles. The van der Waals surface area contributed by atoms with Crippen molar-refractivity contribution in [2.75, 3.05) is 49.8 Å². The third kappa shape index (κ3) is 5.51. The molecule has 0 bridgehead atoms. The van der Waals surface area contributed by atoms with Crippen LogP contribution in [-0.2, 0) is 4.74 Å². The lowest BCUT2D eigenvalue weighted by Gasteiger charge is -2.40. The van der Waals surface area contributed by atoms with Crippen LogP contribution in [0.5, 0.6) is 11.8 Å². The number of thiophene rings is 1. The molecule has 6 heterocycles. The van der Waals surface area contributed by atoms with Crippen LogP contribution in [0.2, 0.25) is 5.02 Å². The number of nitrogen functional groups attached to an aromatic ring is 2. The maximum Gasteiger partial charge on any atom is 0.319 e. The van der Waals surface area contributed by atoms with E-state index in [0.29, 0.717) is 40.2 Å². The van der Waals surface area contributed by atoms with Gasteiger partial charge in [0.05, 0.1) is 60.5 Å². The molecule has 52 heavy (non-hydrogen) atoms. The van der Waals surface area contributed by atoms with Gasteiger partial charge in [-0.05, 0) is 38.6 Å². The van der Waals surface area contributed by atoms with Crippen LogP contribution in [0, 0.1) is 23.1 Å². The molecule has 0 radical (unpaired) electrons. The van der Waals surface area contributed by atoms with E-state index >= 15 is 4.39 Å². The summed E-state index contributed by atoms with van der Waals surface area (Å²) in [4.78, 5) is 17.4. The number of benzene rings is 2. The van der Waals surface area contributed by atoms with Crippen LogP contribution < -0.4 is 25.8 Å². The fraction of sp³-hybridized carbons (Fsp3) is 0.389. The van der Waals surface area contributed by atoms with E-state index in [-0.39, 0.29) is 68.2 Å². The molecule has 5 aromatic rings. The summed E-state index contributed by atoms with van der Waals surface area (Å²) < 4.78 is 65.9. The lowest BCUT2D eigenvalue weighted by molar-refractivity contribution is 0.0127.